The molecule has 0 bridgehead atoms. The quantitative estimate of drug-likeness (QED) is 0.611. The molecule has 0 atom stereocenters. The number of hydrogen-bond donors (Lipinski definition) is 1. The molecule has 0 radical (unpaired) electrons. The molecule has 1 aliphatic heterocycles. The van der Waals surface area contributed by atoms with Gasteiger partial charge in [0.15, 0.2) is 1.41 Å². The van der Waals surface area contributed by atoms with E-state index in [4.69, 9.17) is 27.5 Å². The Hall–Kier alpha value is -0.224. The van der Waals surface area contributed by atoms with Crippen molar-refractivity contribution in [1.82, 2.24) is 14.8 Å². The van der Waals surface area contributed by atoms with Gasteiger partial charge in [-0.1, -0.05) is 12.1 Å². The maximum Gasteiger partial charge on any atom is 1.00 e. The summed E-state index contributed by atoms with van der Waals surface area (Å²) in [4.78, 5) is 26.0. The molecule has 27 heavy (non-hydrogen) atoms. The van der Waals surface area contributed by atoms with Crippen molar-refractivity contribution in [2.24, 2.45) is 0 Å². The number of aromatic nitrogens is 1. The number of nitrogens with zero attached hydrogens (tertiary/aromatic N) is 2. The Labute approximate surface area is 234 Å². The van der Waals surface area contributed by atoms with E-state index in [1.165, 1.54) is 0 Å². The molecule has 0 saturated carbocycles. The van der Waals surface area contributed by atoms with Crippen LogP contribution in [0.15, 0.2) is 16.2 Å². The van der Waals surface area contributed by atoms with Gasteiger partial charge in [0.1, 0.15) is 4.83 Å². The van der Waals surface area contributed by atoms with Crippen LogP contribution in [0.5, 0.6) is 5.75 Å². The molecule has 0 aromatic carbocycles. The predicted molar refractivity (Wildman–Crippen MR) is 103 cm³/mol. The van der Waals surface area contributed by atoms with Crippen LogP contribution >= 0.6 is 11.3 Å². The van der Waals surface area contributed by atoms with Gasteiger partial charge in [-0.2, -0.15) is 0 Å². The van der Waals surface area contributed by atoms with Crippen LogP contribution in [-0.4, -0.2) is 41.5 Å². The summed E-state index contributed by atoms with van der Waals surface area (Å²) >= 11 is 0.136. The summed E-state index contributed by atoms with van der Waals surface area (Å²) < 4.78 is 159. The Morgan fingerprint density at radius 2 is 2.26 bits per heavy atom. The third-order valence-electron chi connectivity index (χ3n) is 3.35. The van der Waals surface area contributed by atoms with E-state index in [-0.39, 0.29) is 77.5 Å². The van der Waals surface area contributed by atoms with Gasteiger partial charge < -0.3 is 15.3 Å². The SMILES string of the molecule is [2H]c1sc2c(c1[2H])c([O-])c(C(=O)N([2H])CCCN1C([2H])([2H])C([2H])([2H])C([2H])([2H])C([2H])([2H])C1([2H])[2H])c(=O)n2C([2H])(C([2H])([2H])[2H])C([2H])([2H])[2H].[K+]. The van der Waals surface area contributed by atoms with E-state index in [1.807, 2.05) is 0 Å². The predicted octanol–water partition coefficient (Wildman–Crippen LogP) is -0.673. The number of likely N-dealkylation sites (tertiary alicyclic amines) is 1. The summed E-state index contributed by atoms with van der Waals surface area (Å²) in [6.45, 7) is -16.5. The summed E-state index contributed by atoms with van der Waals surface area (Å²) in [7, 11) is 0. The normalized spacial score (nSPS) is 36.6. The Kier molecular flexibility index (Phi) is 3.04. The first kappa shape index (κ1) is 7.79. The number of thiophene rings is 1. The first-order chi connectivity index (χ1) is 20.3. The van der Waals surface area contributed by atoms with Crippen LogP contribution in [0.4, 0.5) is 0 Å². The van der Waals surface area contributed by atoms with Crippen LogP contribution in [-0.2, 0) is 0 Å². The largest absolute Gasteiger partial charge is 1.00 e. The third kappa shape index (κ3) is 5.23. The Morgan fingerprint density at radius 1 is 1.52 bits per heavy atom. The van der Waals surface area contributed by atoms with Crippen LogP contribution in [0.2, 0.25) is 1.41 Å². The van der Waals surface area contributed by atoms with E-state index < -0.39 is 116 Å². The van der Waals surface area contributed by atoms with Crippen molar-refractivity contribution in [3.8, 4) is 5.75 Å². The second kappa shape index (κ2) is 10.5. The standard InChI is InChI=1S/C19H27N3O3S.K/c1-13(2)22-18(25)15(16(23)14-7-12-26-19(14)22)17(24)20-8-6-11-21-9-4-3-5-10-21;/h7,12-13,23H,3-6,8-11H2,1-2H3,(H,20,24);/q;+1/p-1/i1D3,2D3,3D2,4D2,5D2,7D,9D2,10D2,12D,13D;/hD. The van der Waals surface area contributed by atoms with Crippen LogP contribution in [0.25, 0.3) is 10.2 Å². The molecule has 1 saturated heterocycles. The second-order valence-corrected chi connectivity index (χ2v) is 5.79. The van der Waals surface area contributed by atoms with Crippen LogP contribution in [0, 0.1) is 0 Å². The van der Waals surface area contributed by atoms with Crippen molar-refractivity contribution in [2.45, 2.75) is 45.3 Å². The molecule has 8 heteroatoms. The zero-order valence-corrected chi connectivity index (χ0v) is 18.0. The second-order valence-electron chi connectivity index (χ2n) is 4.99. The van der Waals surface area contributed by atoms with Gasteiger partial charge in [0.2, 0.25) is 0 Å². The number of hydrogen-bond acceptors (Lipinski definition) is 5. The van der Waals surface area contributed by atoms with Gasteiger partial charge in [0.25, 0.3) is 11.5 Å². The molecule has 1 aliphatic rings. The molecular weight excluding hydrogens is 389 g/mol. The van der Waals surface area contributed by atoms with Crippen molar-refractivity contribution in [2.75, 3.05) is 26.1 Å². The van der Waals surface area contributed by atoms with Crippen molar-refractivity contribution in [3.63, 3.8) is 0 Å². The molecule has 2 aromatic rings. The molecule has 1 amide bonds. The van der Waals surface area contributed by atoms with E-state index in [0.29, 0.717) is 0 Å². The smallest absolute Gasteiger partial charge is 0.871 e. The fourth-order valence-electron chi connectivity index (χ4n) is 2.21. The third-order valence-corrected chi connectivity index (χ3v) is 4.14. The minimum Gasteiger partial charge on any atom is -0.871 e. The van der Waals surface area contributed by atoms with E-state index in [1.54, 1.807) is 0 Å². The van der Waals surface area contributed by atoms with Crippen molar-refractivity contribution in [1.29, 1.82) is 0 Å². The minimum atomic E-state index is -3.86. The molecule has 1 N–H and O–H groups in total. The van der Waals surface area contributed by atoms with Gasteiger partial charge >= 0.3 is 51.4 Å². The fourth-order valence-corrected chi connectivity index (χ4v) is 2.97. The fraction of sp³-hybridized carbons (Fsp3) is 0.579. The van der Waals surface area contributed by atoms with Crippen molar-refractivity contribution < 1.29 is 88.7 Å². The van der Waals surface area contributed by atoms with Crippen molar-refractivity contribution >= 4 is 27.5 Å². The minimum absolute atomic E-state index is 0. The molecule has 2 aromatic heterocycles. The van der Waals surface area contributed by atoms with Crippen LogP contribution in [0.1, 0.15) is 81.7 Å². The molecule has 142 valence electrons. The molecule has 0 unspecified atom stereocenters. The van der Waals surface area contributed by atoms with E-state index in [2.05, 4.69) is 0 Å². The van der Waals surface area contributed by atoms with Crippen LogP contribution < -0.4 is 67.4 Å². The Bertz CT molecular complexity index is 1570. The van der Waals surface area contributed by atoms with E-state index >= 15 is 0 Å². The number of carbonyl (C=O) groups is 1. The maximum absolute atomic E-state index is 13.6. The van der Waals surface area contributed by atoms with E-state index in [0.717, 1.165) is 0 Å². The zero-order chi connectivity index (χ0) is 36.2. The van der Waals surface area contributed by atoms with Crippen molar-refractivity contribution in [3.05, 3.63) is 27.3 Å². The first-order valence-electron chi connectivity index (χ1n) is 17.2. The van der Waals surface area contributed by atoms with Gasteiger partial charge in [0, 0.05) is 39.9 Å². The first-order valence-corrected chi connectivity index (χ1v) is 8.06. The molecule has 3 rings (SSSR count). The molecule has 0 spiro atoms. The average molecular weight is 436 g/mol. The number of nitrogens with one attached hydrogen (secondary N) is 1. The van der Waals surface area contributed by atoms with Gasteiger partial charge in [-0.15, -0.1) is 11.3 Å². The van der Waals surface area contributed by atoms with Gasteiger partial charge in [-0.05, 0) is 63.8 Å². The molecule has 3 heterocycles. The number of rotatable bonds is 6. The monoisotopic (exact) mass is 435 g/mol. The van der Waals surface area contributed by atoms with Gasteiger partial charge in [0.05, 0.1) is 9.68 Å². The molecule has 1 fully saturated rings. The topological polar surface area (TPSA) is 77.4 Å². The van der Waals surface area contributed by atoms with Crippen LogP contribution in [0.3, 0.4) is 0 Å². The summed E-state index contributed by atoms with van der Waals surface area (Å²) in [5.74, 6) is -3.39. The molecule has 6 nitrogen and oxygen atoms in total. The van der Waals surface area contributed by atoms with E-state index in [9.17, 15) is 14.7 Å². The maximum atomic E-state index is 13.6. The molecule has 0 aliphatic carbocycles. The zero-order valence-electron chi connectivity index (χ0n) is 34.1. The Morgan fingerprint density at radius 3 is 2.96 bits per heavy atom. The Balaban J connectivity index is 0.00000768. The summed E-state index contributed by atoms with van der Waals surface area (Å²) in [5.41, 5.74) is -3.50. The average Bonchev–Trinajstić information content (AvgIpc) is 3.17. The molecular formula is C19H26KN3O3S. The number of amides is 1. The summed E-state index contributed by atoms with van der Waals surface area (Å²) in [6, 6.07) is -4.79. The number of piperidine rings is 1. The van der Waals surface area contributed by atoms with Gasteiger partial charge in [-0.3, -0.25) is 14.2 Å². The number of carbonyl (C=O) groups excluding carboxylic acids is 1. The summed E-state index contributed by atoms with van der Waals surface area (Å²) in [5, 5.41) is 11.5. The van der Waals surface area contributed by atoms with Gasteiger partial charge in [-0.25, -0.2) is 0 Å². The summed E-state index contributed by atoms with van der Waals surface area (Å²) in [6.07, 6.45) is -11.6. The number of pyridine rings is 1. The number of fused-ring (bicyclic) bond motifs is 1.